The molecule has 0 aliphatic rings. The minimum atomic E-state index is -0.0264. The molecule has 2 aromatic heterocycles. The fraction of sp³-hybridized carbons (Fsp3) is 0.357. The first-order chi connectivity index (χ1) is 9.13. The first-order valence-electron chi connectivity index (χ1n) is 6.43. The minimum absolute atomic E-state index is 0.0264. The molecular weight excluding hydrogens is 240 g/mol. The standard InChI is InChI=1S/C14H18N4O/c1-4-17-9-12(8-15-17)6-7-14(19)13-10-18(5-2)16-11(13)3/h6-10H,4-5H2,1-3H3/b7-6+. The largest absolute Gasteiger partial charge is 0.289 e. The Hall–Kier alpha value is -2.17. The molecule has 0 bridgehead atoms. The van der Waals surface area contributed by atoms with Crippen LogP contribution >= 0.6 is 0 Å². The molecule has 0 atom stereocenters. The summed E-state index contributed by atoms with van der Waals surface area (Å²) in [7, 11) is 0. The van der Waals surface area contributed by atoms with Crippen molar-refractivity contribution in [3.05, 3.63) is 41.5 Å². The van der Waals surface area contributed by atoms with E-state index in [4.69, 9.17) is 0 Å². The normalized spacial score (nSPS) is 11.3. The van der Waals surface area contributed by atoms with Crippen molar-refractivity contribution in [2.24, 2.45) is 0 Å². The van der Waals surface area contributed by atoms with Gasteiger partial charge in [0.1, 0.15) is 0 Å². The maximum Gasteiger partial charge on any atom is 0.189 e. The van der Waals surface area contributed by atoms with E-state index >= 15 is 0 Å². The zero-order chi connectivity index (χ0) is 13.8. The molecule has 5 heteroatoms. The molecule has 0 fully saturated rings. The molecule has 2 rings (SSSR count). The van der Waals surface area contributed by atoms with Gasteiger partial charge in [-0.25, -0.2) is 0 Å². The predicted molar refractivity (Wildman–Crippen MR) is 73.9 cm³/mol. The van der Waals surface area contributed by atoms with Crippen LogP contribution in [0.3, 0.4) is 0 Å². The molecule has 0 saturated carbocycles. The summed E-state index contributed by atoms with van der Waals surface area (Å²) in [5.41, 5.74) is 2.34. The van der Waals surface area contributed by atoms with Crippen LogP contribution in [0.5, 0.6) is 0 Å². The van der Waals surface area contributed by atoms with Gasteiger partial charge in [0.05, 0.1) is 17.5 Å². The Labute approximate surface area is 112 Å². The summed E-state index contributed by atoms with van der Waals surface area (Å²) in [5.74, 6) is -0.0264. The molecular formula is C14H18N4O. The lowest BCUT2D eigenvalue weighted by atomic mass is 10.1. The maximum absolute atomic E-state index is 12.1. The van der Waals surface area contributed by atoms with E-state index in [0.717, 1.165) is 24.3 Å². The van der Waals surface area contributed by atoms with E-state index < -0.39 is 0 Å². The lowest BCUT2D eigenvalue weighted by Crippen LogP contribution is -1.94. The number of carbonyl (C=O) groups excluding carboxylic acids is 1. The van der Waals surface area contributed by atoms with Gasteiger partial charge >= 0.3 is 0 Å². The number of rotatable bonds is 5. The van der Waals surface area contributed by atoms with Crippen molar-refractivity contribution in [2.75, 3.05) is 0 Å². The van der Waals surface area contributed by atoms with Gasteiger partial charge in [-0.1, -0.05) is 0 Å². The molecule has 0 aliphatic carbocycles. The number of nitrogens with zero attached hydrogens (tertiary/aromatic N) is 4. The van der Waals surface area contributed by atoms with Gasteiger partial charge in [-0.2, -0.15) is 10.2 Å². The van der Waals surface area contributed by atoms with Crippen molar-refractivity contribution in [1.29, 1.82) is 0 Å². The summed E-state index contributed by atoms with van der Waals surface area (Å²) >= 11 is 0. The van der Waals surface area contributed by atoms with Crippen LogP contribution in [0.25, 0.3) is 6.08 Å². The number of allylic oxidation sites excluding steroid dienone is 1. The fourth-order valence-corrected chi connectivity index (χ4v) is 1.82. The Morgan fingerprint density at radius 2 is 2.00 bits per heavy atom. The lowest BCUT2D eigenvalue weighted by molar-refractivity contribution is 0.104. The molecule has 0 N–H and O–H groups in total. The second kappa shape index (κ2) is 5.65. The third-order valence-electron chi connectivity index (χ3n) is 2.94. The summed E-state index contributed by atoms with van der Waals surface area (Å²) in [5, 5.41) is 8.43. The zero-order valence-electron chi connectivity index (χ0n) is 11.5. The average Bonchev–Trinajstić information content (AvgIpc) is 3.02. The second-order valence-corrected chi connectivity index (χ2v) is 4.31. The van der Waals surface area contributed by atoms with E-state index in [0.29, 0.717) is 5.56 Å². The number of ketones is 1. The second-order valence-electron chi connectivity index (χ2n) is 4.31. The number of carbonyl (C=O) groups is 1. The first kappa shape index (κ1) is 13.3. The van der Waals surface area contributed by atoms with E-state index in [-0.39, 0.29) is 5.78 Å². The Balaban J connectivity index is 2.13. The van der Waals surface area contributed by atoms with Crippen molar-refractivity contribution in [1.82, 2.24) is 19.6 Å². The molecule has 0 aliphatic heterocycles. The molecule has 5 nitrogen and oxygen atoms in total. The number of hydrogen-bond donors (Lipinski definition) is 0. The molecule has 2 heterocycles. The molecule has 0 aromatic carbocycles. The summed E-state index contributed by atoms with van der Waals surface area (Å²) in [6.45, 7) is 7.46. The first-order valence-corrected chi connectivity index (χ1v) is 6.43. The Morgan fingerprint density at radius 1 is 1.26 bits per heavy atom. The molecule has 0 unspecified atom stereocenters. The third-order valence-corrected chi connectivity index (χ3v) is 2.94. The van der Waals surface area contributed by atoms with E-state index in [9.17, 15) is 4.79 Å². The van der Waals surface area contributed by atoms with Crippen LogP contribution in [-0.2, 0) is 13.1 Å². The van der Waals surface area contributed by atoms with Gasteiger partial charge in [0.25, 0.3) is 0 Å². The van der Waals surface area contributed by atoms with Gasteiger partial charge in [0.15, 0.2) is 5.78 Å². The van der Waals surface area contributed by atoms with E-state index in [1.165, 1.54) is 0 Å². The molecule has 2 aromatic rings. The van der Waals surface area contributed by atoms with Crippen molar-refractivity contribution in [3.63, 3.8) is 0 Å². The van der Waals surface area contributed by atoms with Gasteiger partial charge < -0.3 is 0 Å². The van der Waals surface area contributed by atoms with Crippen LogP contribution in [0.1, 0.15) is 35.5 Å². The van der Waals surface area contributed by atoms with Gasteiger partial charge in [-0.05, 0) is 32.9 Å². The van der Waals surface area contributed by atoms with Gasteiger partial charge in [-0.15, -0.1) is 0 Å². The highest BCUT2D eigenvalue weighted by molar-refractivity contribution is 6.07. The Kier molecular flexibility index (Phi) is 3.94. The van der Waals surface area contributed by atoms with Gasteiger partial charge in [-0.3, -0.25) is 14.2 Å². The van der Waals surface area contributed by atoms with Crippen molar-refractivity contribution in [3.8, 4) is 0 Å². The molecule has 0 amide bonds. The Bertz CT molecular complexity index is 607. The monoisotopic (exact) mass is 258 g/mol. The van der Waals surface area contributed by atoms with Crippen LogP contribution in [0.4, 0.5) is 0 Å². The number of aryl methyl sites for hydroxylation is 3. The van der Waals surface area contributed by atoms with Crippen LogP contribution in [-0.4, -0.2) is 25.3 Å². The van der Waals surface area contributed by atoms with Crippen molar-refractivity contribution < 1.29 is 4.79 Å². The molecule has 100 valence electrons. The number of aromatic nitrogens is 4. The summed E-state index contributed by atoms with van der Waals surface area (Å²) in [6.07, 6.45) is 8.80. The van der Waals surface area contributed by atoms with E-state index in [1.807, 2.05) is 31.6 Å². The van der Waals surface area contributed by atoms with Crippen LogP contribution in [0.2, 0.25) is 0 Å². The van der Waals surface area contributed by atoms with E-state index in [1.54, 1.807) is 29.2 Å². The minimum Gasteiger partial charge on any atom is -0.289 e. The highest BCUT2D eigenvalue weighted by Crippen LogP contribution is 2.09. The quantitative estimate of drug-likeness (QED) is 0.611. The van der Waals surface area contributed by atoms with Crippen LogP contribution in [0.15, 0.2) is 24.7 Å². The lowest BCUT2D eigenvalue weighted by Gasteiger charge is -1.91. The average molecular weight is 258 g/mol. The fourth-order valence-electron chi connectivity index (χ4n) is 1.82. The molecule has 0 spiro atoms. The summed E-state index contributed by atoms with van der Waals surface area (Å²) in [6, 6.07) is 0. The predicted octanol–water partition coefficient (Wildman–Crippen LogP) is 2.32. The van der Waals surface area contributed by atoms with E-state index in [2.05, 4.69) is 10.2 Å². The molecule has 19 heavy (non-hydrogen) atoms. The van der Waals surface area contributed by atoms with Crippen molar-refractivity contribution in [2.45, 2.75) is 33.9 Å². The summed E-state index contributed by atoms with van der Waals surface area (Å²) in [4.78, 5) is 12.1. The van der Waals surface area contributed by atoms with Gasteiger partial charge in [0, 0.05) is 31.0 Å². The maximum atomic E-state index is 12.1. The summed E-state index contributed by atoms with van der Waals surface area (Å²) < 4.78 is 3.59. The SMILES string of the molecule is CCn1cc(/C=C/C(=O)c2cn(CC)nc2C)cn1. The highest BCUT2D eigenvalue weighted by atomic mass is 16.1. The van der Waals surface area contributed by atoms with Crippen molar-refractivity contribution >= 4 is 11.9 Å². The van der Waals surface area contributed by atoms with Crippen LogP contribution < -0.4 is 0 Å². The van der Waals surface area contributed by atoms with Gasteiger partial charge in [0.2, 0.25) is 0 Å². The highest BCUT2D eigenvalue weighted by Gasteiger charge is 2.10. The Morgan fingerprint density at radius 3 is 2.58 bits per heavy atom. The molecule has 0 radical (unpaired) electrons. The third kappa shape index (κ3) is 2.99. The smallest absolute Gasteiger partial charge is 0.189 e. The number of hydrogen-bond acceptors (Lipinski definition) is 3. The topological polar surface area (TPSA) is 52.7 Å². The van der Waals surface area contributed by atoms with Crippen LogP contribution in [0, 0.1) is 6.92 Å². The zero-order valence-corrected chi connectivity index (χ0v) is 11.5. The molecule has 0 saturated heterocycles.